The van der Waals surface area contributed by atoms with Crippen LogP contribution in [0.3, 0.4) is 0 Å². The molecule has 3 nitrogen and oxygen atoms in total. The Kier molecular flexibility index (Phi) is 3.96. The molecule has 2 aromatic heterocycles. The molecule has 0 amide bonds. The second-order valence-corrected chi connectivity index (χ2v) is 6.01. The van der Waals surface area contributed by atoms with E-state index in [0.29, 0.717) is 17.3 Å². The summed E-state index contributed by atoms with van der Waals surface area (Å²) in [5.41, 5.74) is 2.56. The summed E-state index contributed by atoms with van der Waals surface area (Å²) < 4.78 is 3.02. The molecule has 6 heteroatoms. The lowest BCUT2D eigenvalue weighted by Crippen LogP contribution is -2.02. The number of alkyl halides is 1. The van der Waals surface area contributed by atoms with Gasteiger partial charge in [-0.3, -0.25) is 4.57 Å². The van der Waals surface area contributed by atoms with Crippen LogP contribution in [0, 0.1) is 0 Å². The van der Waals surface area contributed by atoms with Crippen molar-refractivity contribution >= 4 is 50.3 Å². The number of hydrogen-bond acceptors (Lipinski definition) is 2. The van der Waals surface area contributed by atoms with E-state index in [0.717, 1.165) is 27.1 Å². The number of halogens is 3. The standard InChI is InChI=1S/C14H10BrCl2N3/c15-9-2-1-3-11(6-9)20-13(4-5-16)19-12-7-10(17)8-18-14(12)20/h1-3,6-8H,4-5H2. The molecule has 0 bridgehead atoms. The van der Waals surface area contributed by atoms with Crippen LogP contribution in [-0.2, 0) is 6.42 Å². The fourth-order valence-corrected chi connectivity index (χ4v) is 2.83. The molecule has 3 aromatic rings. The summed E-state index contributed by atoms with van der Waals surface area (Å²) in [6.07, 6.45) is 2.30. The van der Waals surface area contributed by atoms with E-state index in [9.17, 15) is 0 Å². The number of imidazole rings is 1. The highest BCUT2D eigenvalue weighted by Gasteiger charge is 2.13. The van der Waals surface area contributed by atoms with Gasteiger partial charge < -0.3 is 0 Å². The van der Waals surface area contributed by atoms with Gasteiger partial charge in [0.1, 0.15) is 11.3 Å². The van der Waals surface area contributed by atoms with Gasteiger partial charge in [0.25, 0.3) is 0 Å². The van der Waals surface area contributed by atoms with Gasteiger partial charge in [0.05, 0.1) is 5.02 Å². The minimum Gasteiger partial charge on any atom is -0.281 e. The van der Waals surface area contributed by atoms with E-state index in [2.05, 4.69) is 25.9 Å². The quantitative estimate of drug-likeness (QED) is 0.630. The highest BCUT2D eigenvalue weighted by molar-refractivity contribution is 9.10. The normalized spacial score (nSPS) is 11.2. The molecule has 0 saturated heterocycles. The smallest absolute Gasteiger partial charge is 0.164 e. The Bertz CT molecular complexity index is 770. The number of aromatic nitrogens is 3. The number of nitrogens with zero attached hydrogens (tertiary/aromatic N) is 3. The van der Waals surface area contributed by atoms with E-state index in [4.69, 9.17) is 23.2 Å². The van der Waals surface area contributed by atoms with Crippen molar-refractivity contribution in [3.63, 3.8) is 0 Å². The Hall–Kier alpha value is -1.10. The maximum absolute atomic E-state index is 5.98. The molecule has 2 heterocycles. The van der Waals surface area contributed by atoms with E-state index in [1.807, 2.05) is 34.9 Å². The van der Waals surface area contributed by atoms with Gasteiger partial charge >= 0.3 is 0 Å². The third kappa shape index (κ3) is 2.55. The Labute approximate surface area is 134 Å². The largest absolute Gasteiger partial charge is 0.281 e. The number of hydrogen-bond donors (Lipinski definition) is 0. The molecule has 102 valence electrons. The lowest BCUT2D eigenvalue weighted by atomic mass is 10.3. The monoisotopic (exact) mass is 369 g/mol. The van der Waals surface area contributed by atoms with Crippen LogP contribution in [0.5, 0.6) is 0 Å². The van der Waals surface area contributed by atoms with Gasteiger partial charge in [0, 0.05) is 28.7 Å². The average Bonchev–Trinajstić information content (AvgIpc) is 2.76. The number of aryl methyl sites for hydroxylation is 1. The Morgan fingerprint density at radius 3 is 2.85 bits per heavy atom. The fourth-order valence-electron chi connectivity index (χ4n) is 2.13. The Morgan fingerprint density at radius 2 is 2.10 bits per heavy atom. The summed E-state index contributed by atoms with van der Waals surface area (Å²) in [7, 11) is 0. The zero-order valence-corrected chi connectivity index (χ0v) is 13.5. The summed E-state index contributed by atoms with van der Waals surface area (Å²) in [6, 6.07) is 9.81. The molecule has 0 atom stereocenters. The van der Waals surface area contributed by atoms with Gasteiger partial charge in [-0.1, -0.05) is 33.6 Å². The van der Waals surface area contributed by atoms with Crippen LogP contribution >= 0.6 is 39.1 Å². The van der Waals surface area contributed by atoms with Gasteiger partial charge in [-0.15, -0.1) is 11.6 Å². The van der Waals surface area contributed by atoms with Crippen LogP contribution in [0.4, 0.5) is 0 Å². The van der Waals surface area contributed by atoms with E-state index >= 15 is 0 Å². The molecule has 0 aliphatic carbocycles. The van der Waals surface area contributed by atoms with Crippen LogP contribution in [0.15, 0.2) is 41.0 Å². The number of benzene rings is 1. The molecular weight excluding hydrogens is 361 g/mol. The van der Waals surface area contributed by atoms with Crippen molar-refractivity contribution in [1.82, 2.24) is 14.5 Å². The summed E-state index contributed by atoms with van der Waals surface area (Å²) in [4.78, 5) is 8.99. The van der Waals surface area contributed by atoms with Gasteiger partial charge in [-0.2, -0.15) is 0 Å². The van der Waals surface area contributed by atoms with E-state index < -0.39 is 0 Å². The molecule has 1 aromatic carbocycles. The molecule has 0 spiro atoms. The topological polar surface area (TPSA) is 30.7 Å². The van der Waals surface area contributed by atoms with E-state index in [1.165, 1.54) is 0 Å². The first-order valence-corrected chi connectivity index (χ1v) is 7.74. The van der Waals surface area contributed by atoms with Crippen molar-refractivity contribution < 1.29 is 0 Å². The van der Waals surface area contributed by atoms with Crippen LogP contribution in [0.2, 0.25) is 5.02 Å². The predicted octanol–water partition coefficient (Wildman–Crippen LogP) is 4.62. The lowest BCUT2D eigenvalue weighted by molar-refractivity contribution is 0.905. The zero-order valence-electron chi connectivity index (χ0n) is 10.4. The van der Waals surface area contributed by atoms with Crippen molar-refractivity contribution in [2.45, 2.75) is 6.42 Å². The van der Waals surface area contributed by atoms with Gasteiger partial charge in [0.15, 0.2) is 5.65 Å². The first-order chi connectivity index (χ1) is 9.69. The minimum absolute atomic E-state index is 0.505. The predicted molar refractivity (Wildman–Crippen MR) is 86.0 cm³/mol. The first kappa shape index (κ1) is 13.9. The summed E-state index contributed by atoms with van der Waals surface area (Å²) >= 11 is 15.3. The van der Waals surface area contributed by atoms with Crippen LogP contribution in [-0.4, -0.2) is 20.4 Å². The summed E-state index contributed by atoms with van der Waals surface area (Å²) in [5, 5.41) is 0.578. The average molecular weight is 371 g/mol. The molecule has 0 aliphatic rings. The molecule has 0 unspecified atom stereocenters. The molecule has 3 rings (SSSR count). The number of rotatable bonds is 3. The maximum atomic E-state index is 5.98. The van der Waals surface area contributed by atoms with Gasteiger partial charge in [-0.05, 0) is 24.3 Å². The van der Waals surface area contributed by atoms with Gasteiger partial charge in [0.2, 0.25) is 0 Å². The van der Waals surface area contributed by atoms with Crippen molar-refractivity contribution in [2.24, 2.45) is 0 Å². The SMILES string of the molecule is ClCCc1nc2cc(Cl)cnc2n1-c1cccc(Br)c1. The first-order valence-electron chi connectivity index (χ1n) is 6.04. The number of pyridine rings is 1. The Morgan fingerprint density at radius 1 is 1.25 bits per heavy atom. The highest BCUT2D eigenvalue weighted by Crippen LogP contribution is 2.24. The molecule has 0 aliphatic heterocycles. The highest BCUT2D eigenvalue weighted by atomic mass is 79.9. The molecular formula is C14H10BrCl2N3. The minimum atomic E-state index is 0.505. The zero-order chi connectivity index (χ0) is 14.1. The van der Waals surface area contributed by atoms with Crippen LogP contribution < -0.4 is 0 Å². The summed E-state index contributed by atoms with van der Waals surface area (Å²) in [6.45, 7) is 0. The van der Waals surface area contributed by atoms with Gasteiger partial charge in [-0.25, -0.2) is 9.97 Å². The molecule has 20 heavy (non-hydrogen) atoms. The third-order valence-electron chi connectivity index (χ3n) is 2.92. The maximum Gasteiger partial charge on any atom is 0.164 e. The fraction of sp³-hybridized carbons (Fsp3) is 0.143. The van der Waals surface area contributed by atoms with E-state index in [1.54, 1.807) is 6.20 Å². The van der Waals surface area contributed by atoms with Crippen molar-refractivity contribution in [3.8, 4) is 5.69 Å². The number of fused-ring (bicyclic) bond motifs is 1. The Balaban J connectivity index is 2.28. The molecule has 0 radical (unpaired) electrons. The second-order valence-electron chi connectivity index (χ2n) is 4.28. The van der Waals surface area contributed by atoms with Crippen molar-refractivity contribution in [2.75, 3.05) is 5.88 Å². The second kappa shape index (κ2) is 5.72. The lowest BCUT2D eigenvalue weighted by Gasteiger charge is -2.08. The summed E-state index contributed by atoms with van der Waals surface area (Å²) in [5.74, 6) is 1.38. The molecule has 0 saturated carbocycles. The van der Waals surface area contributed by atoms with Crippen molar-refractivity contribution in [3.05, 3.63) is 51.8 Å². The van der Waals surface area contributed by atoms with Crippen LogP contribution in [0.1, 0.15) is 5.82 Å². The van der Waals surface area contributed by atoms with E-state index in [-0.39, 0.29) is 0 Å². The van der Waals surface area contributed by atoms with Crippen molar-refractivity contribution in [1.29, 1.82) is 0 Å². The molecule has 0 fully saturated rings. The third-order valence-corrected chi connectivity index (χ3v) is 3.81. The van der Waals surface area contributed by atoms with Crippen LogP contribution in [0.25, 0.3) is 16.9 Å². The molecule has 0 N–H and O–H groups in total.